The summed E-state index contributed by atoms with van der Waals surface area (Å²) in [6.07, 6.45) is 1.85. The van der Waals surface area contributed by atoms with Gasteiger partial charge in [-0.05, 0) is 19.2 Å². The van der Waals surface area contributed by atoms with Crippen molar-refractivity contribution in [3.8, 4) is 0 Å². The van der Waals surface area contributed by atoms with E-state index in [9.17, 15) is 14.9 Å². The summed E-state index contributed by atoms with van der Waals surface area (Å²) in [5.41, 5.74) is 0.829. The standard InChI is InChI=1S/C12H13N3O3S/c1-8-3-4-9(7-10(8)15(17)18)11(16)14-6-5-13-12(14)19-2/h3-4,7H,5-6H2,1-2H3. The van der Waals surface area contributed by atoms with Crippen molar-refractivity contribution in [2.24, 2.45) is 4.99 Å². The summed E-state index contributed by atoms with van der Waals surface area (Å²) in [4.78, 5) is 28.5. The molecule has 0 fully saturated rings. The average Bonchev–Trinajstić information content (AvgIpc) is 2.86. The molecule has 0 saturated heterocycles. The molecule has 0 atom stereocenters. The van der Waals surface area contributed by atoms with Crippen molar-refractivity contribution in [1.29, 1.82) is 0 Å². The first-order chi connectivity index (χ1) is 9.04. The first-order valence-corrected chi connectivity index (χ1v) is 6.92. The molecular weight excluding hydrogens is 266 g/mol. The molecule has 1 amide bonds. The fraction of sp³-hybridized carbons (Fsp3) is 0.333. The van der Waals surface area contributed by atoms with E-state index in [0.717, 1.165) is 0 Å². The minimum Gasteiger partial charge on any atom is -0.286 e. The number of nitro benzene ring substituents is 1. The molecule has 1 aliphatic rings. The molecule has 0 saturated carbocycles. The molecule has 0 radical (unpaired) electrons. The number of carbonyl (C=O) groups is 1. The third-order valence-electron chi connectivity index (χ3n) is 2.88. The van der Waals surface area contributed by atoms with Crippen molar-refractivity contribution < 1.29 is 9.72 Å². The van der Waals surface area contributed by atoms with Gasteiger partial charge in [0, 0.05) is 23.7 Å². The number of benzene rings is 1. The second kappa shape index (κ2) is 5.40. The van der Waals surface area contributed by atoms with E-state index in [0.29, 0.717) is 29.4 Å². The first kappa shape index (κ1) is 13.5. The van der Waals surface area contributed by atoms with Gasteiger partial charge in [0.2, 0.25) is 0 Å². The van der Waals surface area contributed by atoms with Crippen LogP contribution in [0.5, 0.6) is 0 Å². The monoisotopic (exact) mass is 279 g/mol. The van der Waals surface area contributed by atoms with Crippen LogP contribution in [0.15, 0.2) is 23.2 Å². The van der Waals surface area contributed by atoms with E-state index in [-0.39, 0.29) is 11.6 Å². The van der Waals surface area contributed by atoms with Gasteiger partial charge in [-0.15, -0.1) is 0 Å². The molecule has 0 aliphatic carbocycles. The molecule has 0 unspecified atom stereocenters. The van der Waals surface area contributed by atoms with E-state index in [2.05, 4.69) is 4.99 Å². The number of nitro groups is 1. The van der Waals surface area contributed by atoms with E-state index in [4.69, 9.17) is 0 Å². The molecule has 19 heavy (non-hydrogen) atoms. The first-order valence-electron chi connectivity index (χ1n) is 5.70. The molecule has 1 heterocycles. The zero-order valence-electron chi connectivity index (χ0n) is 10.6. The molecule has 1 aromatic rings. The highest BCUT2D eigenvalue weighted by Crippen LogP contribution is 2.22. The lowest BCUT2D eigenvalue weighted by molar-refractivity contribution is -0.385. The normalized spacial score (nSPS) is 14.4. The highest BCUT2D eigenvalue weighted by Gasteiger charge is 2.25. The lowest BCUT2D eigenvalue weighted by Crippen LogP contribution is -2.32. The van der Waals surface area contributed by atoms with Crippen molar-refractivity contribution in [3.05, 3.63) is 39.4 Å². The van der Waals surface area contributed by atoms with Gasteiger partial charge in [0.05, 0.1) is 11.5 Å². The van der Waals surface area contributed by atoms with Crippen LogP contribution in [0.3, 0.4) is 0 Å². The molecule has 1 aliphatic heterocycles. The summed E-state index contributed by atoms with van der Waals surface area (Å²) in [5, 5.41) is 11.6. The van der Waals surface area contributed by atoms with E-state index < -0.39 is 4.92 Å². The molecule has 0 N–H and O–H groups in total. The molecule has 0 bridgehead atoms. The van der Waals surface area contributed by atoms with Crippen LogP contribution in [0.25, 0.3) is 0 Å². The Balaban J connectivity index is 2.32. The Bertz CT molecular complexity index is 571. The lowest BCUT2D eigenvalue weighted by atomic mass is 10.1. The maximum atomic E-state index is 12.3. The van der Waals surface area contributed by atoms with Crippen molar-refractivity contribution in [2.75, 3.05) is 19.3 Å². The quantitative estimate of drug-likeness (QED) is 0.613. The van der Waals surface area contributed by atoms with E-state index in [1.165, 1.54) is 17.8 Å². The average molecular weight is 279 g/mol. The van der Waals surface area contributed by atoms with Gasteiger partial charge in [-0.1, -0.05) is 17.8 Å². The molecule has 2 rings (SSSR count). The van der Waals surface area contributed by atoms with Gasteiger partial charge in [0.25, 0.3) is 11.6 Å². The largest absolute Gasteiger partial charge is 0.286 e. The van der Waals surface area contributed by atoms with Crippen LogP contribution in [0.2, 0.25) is 0 Å². The predicted octanol–water partition coefficient (Wildman–Crippen LogP) is 2.08. The highest BCUT2D eigenvalue weighted by molar-refractivity contribution is 8.13. The Kier molecular flexibility index (Phi) is 3.84. The van der Waals surface area contributed by atoms with Gasteiger partial charge >= 0.3 is 0 Å². The topological polar surface area (TPSA) is 75.8 Å². The fourth-order valence-electron chi connectivity index (χ4n) is 1.88. The third-order valence-corrected chi connectivity index (χ3v) is 3.60. The van der Waals surface area contributed by atoms with Gasteiger partial charge < -0.3 is 0 Å². The van der Waals surface area contributed by atoms with Crippen LogP contribution in [0.4, 0.5) is 5.69 Å². The molecular formula is C12H13N3O3S. The summed E-state index contributed by atoms with van der Waals surface area (Å²) < 4.78 is 0. The van der Waals surface area contributed by atoms with Gasteiger partial charge in [-0.25, -0.2) is 0 Å². The van der Waals surface area contributed by atoms with E-state index in [1.807, 2.05) is 6.26 Å². The Morgan fingerprint density at radius 3 is 2.89 bits per heavy atom. The van der Waals surface area contributed by atoms with Gasteiger partial charge in [-0.3, -0.25) is 24.8 Å². The minimum atomic E-state index is -0.473. The van der Waals surface area contributed by atoms with Gasteiger partial charge in [-0.2, -0.15) is 0 Å². The number of rotatable bonds is 2. The number of carbonyl (C=O) groups excluding carboxylic acids is 1. The summed E-state index contributed by atoms with van der Waals surface area (Å²) in [5.74, 6) is -0.242. The number of nitrogens with zero attached hydrogens (tertiary/aromatic N) is 3. The minimum absolute atomic E-state index is 0.0345. The molecule has 100 valence electrons. The van der Waals surface area contributed by atoms with Crippen LogP contribution in [-0.2, 0) is 0 Å². The molecule has 6 nitrogen and oxygen atoms in total. The smallest absolute Gasteiger partial charge is 0.273 e. The summed E-state index contributed by atoms with van der Waals surface area (Å²) in [6, 6.07) is 4.53. The number of amides is 1. The van der Waals surface area contributed by atoms with E-state index >= 15 is 0 Å². The van der Waals surface area contributed by atoms with Crippen LogP contribution in [0.1, 0.15) is 15.9 Å². The number of aryl methyl sites for hydroxylation is 1. The summed E-state index contributed by atoms with van der Waals surface area (Å²) >= 11 is 1.40. The Labute approximate surface area is 114 Å². The molecule has 0 aromatic heterocycles. The zero-order valence-corrected chi connectivity index (χ0v) is 11.4. The van der Waals surface area contributed by atoms with Crippen LogP contribution in [-0.4, -0.2) is 40.2 Å². The Hall–Kier alpha value is -1.89. The number of hydrogen-bond acceptors (Lipinski definition) is 5. The Morgan fingerprint density at radius 2 is 2.26 bits per heavy atom. The molecule has 7 heteroatoms. The predicted molar refractivity (Wildman–Crippen MR) is 74.7 cm³/mol. The highest BCUT2D eigenvalue weighted by atomic mass is 32.2. The number of amidine groups is 1. The third kappa shape index (κ3) is 2.60. The second-order valence-electron chi connectivity index (χ2n) is 4.08. The second-order valence-corrected chi connectivity index (χ2v) is 4.86. The maximum absolute atomic E-state index is 12.3. The van der Waals surface area contributed by atoms with Gasteiger partial charge in [0.15, 0.2) is 5.17 Å². The zero-order chi connectivity index (χ0) is 14.0. The fourth-order valence-corrected chi connectivity index (χ4v) is 2.50. The van der Waals surface area contributed by atoms with Crippen molar-refractivity contribution in [1.82, 2.24) is 4.90 Å². The van der Waals surface area contributed by atoms with Crippen molar-refractivity contribution >= 4 is 28.5 Å². The maximum Gasteiger partial charge on any atom is 0.273 e. The van der Waals surface area contributed by atoms with Crippen molar-refractivity contribution in [2.45, 2.75) is 6.92 Å². The van der Waals surface area contributed by atoms with Crippen molar-refractivity contribution in [3.63, 3.8) is 0 Å². The Morgan fingerprint density at radius 1 is 1.53 bits per heavy atom. The lowest BCUT2D eigenvalue weighted by Gasteiger charge is -2.16. The summed E-state index contributed by atoms with van der Waals surface area (Å²) in [6.45, 7) is 2.75. The molecule has 1 aromatic carbocycles. The number of hydrogen-bond donors (Lipinski definition) is 0. The number of thioether (sulfide) groups is 1. The van der Waals surface area contributed by atoms with E-state index in [1.54, 1.807) is 24.0 Å². The number of aliphatic imine (C=N–C) groups is 1. The van der Waals surface area contributed by atoms with Crippen LogP contribution in [0, 0.1) is 17.0 Å². The SMILES string of the molecule is CSC1=NCCN1C(=O)c1ccc(C)c([N+](=O)[O-])c1. The van der Waals surface area contributed by atoms with Gasteiger partial charge in [0.1, 0.15) is 0 Å². The summed E-state index contributed by atoms with van der Waals surface area (Å²) in [7, 11) is 0. The van der Waals surface area contributed by atoms with Crippen LogP contribution < -0.4 is 0 Å². The van der Waals surface area contributed by atoms with Crippen LogP contribution >= 0.6 is 11.8 Å². The molecule has 0 spiro atoms.